The van der Waals surface area contributed by atoms with Gasteiger partial charge in [-0.05, 0) is 32.9 Å². The first-order valence-corrected chi connectivity index (χ1v) is 7.52. The Bertz CT molecular complexity index is 901. The van der Waals surface area contributed by atoms with Gasteiger partial charge in [0.25, 0.3) is 0 Å². The zero-order valence-electron chi connectivity index (χ0n) is 12.5. The highest BCUT2D eigenvalue weighted by molar-refractivity contribution is 7.15. The van der Waals surface area contributed by atoms with Crippen molar-refractivity contribution in [2.75, 3.05) is 5.73 Å². The third-order valence-electron chi connectivity index (χ3n) is 3.36. The van der Waals surface area contributed by atoms with Gasteiger partial charge in [0, 0.05) is 17.3 Å². The summed E-state index contributed by atoms with van der Waals surface area (Å²) >= 11 is 1.52. The van der Waals surface area contributed by atoms with E-state index in [2.05, 4.69) is 16.0 Å². The Morgan fingerprint density at radius 2 is 2.00 bits per heavy atom. The average Bonchev–Trinajstić information content (AvgIpc) is 3.03. The Morgan fingerprint density at radius 3 is 2.55 bits per heavy atom. The molecule has 6 heteroatoms. The molecule has 0 aliphatic rings. The van der Waals surface area contributed by atoms with Gasteiger partial charge in [0.05, 0.1) is 15.6 Å². The van der Waals surface area contributed by atoms with Crippen molar-refractivity contribution >= 4 is 17.2 Å². The van der Waals surface area contributed by atoms with Gasteiger partial charge in [-0.1, -0.05) is 0 Å². The van der Waals surface area contributed by atoms with E-state index in [-0.39, 0.29) is 5.82 Å². The number of nitriles is 1. The van der Waals surface area contributed by atoms with E-state index in [1.165, 1.54) is 11.3 Å². The average molecular weight is 310 g/mol. The van der Waals surface area contributed by atoms with Crippen LogP contribution in [0.2, 0.25) is 0 Å². The SMILES string of the molecule is Cc1cc(-c2cc(-c3cnc(C)s3)c(C#N)c(N)n2)c(C)o1. The summed E-state index contributed by atoms with van der Waals surface area (Å²) in [5.74, 6) is 1.81. The molecule has 3 heterocycles. The third kappa shape index (κ3) is 2.36. The molecule has 2 N–H and O–H groups in total. The van der Waals surface area contributed by atoms with Crippen LogP contribution in [0.1, 0.15) is 22.1 Å². The maximum Gasteiger partial charge on any atom is 0.142 e. The molecular weight excluding hydrogens is 296 g/mol. The largest absolute Gasteiger partial charge is 0.466 e. The van der Waals surface area contributed by atoms with E-state index in [1.807, 2.05) is 32.9 Å². The maximum atomic E-state index is 9.38. The van der Waals surface area contributed by atoms with Crippen molar-refractivity contribution in [2.24, 2.45) is 0 Å². The van der Waals surface area contributed by atoms with Crippen LogP contribution < -0.4 is 5.73 Å². The molecular formula is C16H14N4OS. The fraction of sp³-hybridized carbons (Fsp3) is 0.188. The van der Waals surface area contributed by atoms with Crippen molar-refractivity contribution in [1.82, 2.24) is 9.97 Å². The molecule has 0 aliphatic heterocycles. The molecule has 0 amide bonds. The van der Waals surface area contributed by atoms with Crippen LogP contribution in [0, 0.1) is 32.1 Å². The maximum absolute atomic E-state index is 9.38. The molecule has 0 atom stereocenters. The van der Waals surface area contributed by atoms with Gasteiger partial charge in [-0.25, -0.2) is 9.97 Å². The molecule has 3 rings (SSSR count). The van der Waals surface area contributed by atoms with Gasteiger partial charge in [-0.2, -0.15) is 5.26 Å². The Balaban J connectivity index is 2.25. The molecule has 110 valence electrons. The minimum absolute atomic E-state index is 0.222. The van der Waals surface area contributed by atoms with Crippen LogP contribution in [-0.4, -0.2) is 9.97 Å². The van der Waals surface area contributed by atoms with Gasteiger partial charge >= 0.3 is 0 Å². The van der Waals surface area contributed by atoms with Crippen molar-refractivity contribution in [3.05, 3.63) is 40.4 Å². The van der Waals surface area contributed by atoms with Gasteiger partial charge in [-0.15, -0.1) is 11.3 Å². The van der Waals surface area contributed by atoms with Crippen LogP contribution in [0.25, 0.3) is 21.7 Å². The molecule has 0 bridgehead atoms. The molecule has 0 saturated carbocycles. The first kappa shape index (κ1) is 14.3. The molecule has 0 saturated heterocycles. The number of furan rings is 1. The first-order chi connectivity index (χ1) is 10.5. The van der Waals surface area contributed by atoms with Crippen LogP contribution in [0.3, 0.4) is 0 Å². The monoisotopic (exact) mass is 310 g/mol. The lowest BCUT2D eigenvalue weighted by Gasteiger charge is -2.07. The highest BCUT2D eigenvalue weighted by Crippen LogP contribution is 2.35. The second-order valence-electron chi connectivity index (χ2n) is 5.00. The number of nitrogen functional groups attached to an aromatic ring is 1. The standard InChI is InChI=1S/C16H14N4OS/c1-8-4-11(9(2)21-8)14-5-12(13(6-17)16(18)20-14)15-7-19-10(3)22-15/h4-5,7H,1-3H3,(H2,18,20). The summed E-state index contributed by atoms with van der Waals surface area (Å²) in [5.41, 5.74) is 8.72. The van der Waals surface area contributed by atoms with Crippen molar-refractivity contribution in [3.8, 4) is 27.8 Å². The molecule has 5 nitrogen and oxygen atoms in total. The Kier molecular flexibility index (Phi) is 3.43. The lowest BCUT2D eigenvalue weighted by molar-refractivity contribution is 0.505. The fourth-order valence-electron chi connectivity index (χ4n) is 2.39. The van der Waals surface area contributed by atoms with E-state index in [0.29, 0.717) is 11.3 Å². The number of nitrogens with zero attached hydrogens (tertiary/aromatic N) is 3. The predicted octanol–water partition coefficient (Wildman–Crippen LogP) is 3.84. The van der Waals surface area contributed by atoms with Crippen molar-refractivity contribution < 1.29 is 4.42 Å². The van der Waals surface area contributed by atoms with Crippen molar-refractivity contribution in [1.29, 1.82) is 5.26 Å². The van der Waals surface area contributed by atoms with E-state index in [0.717, 1.165) is 32.5 Å². The van der Waals surface area contributed by atoms with E-state index >= 15 is 0 Å². The van der Waals surface area contributed by atoms with Crippen molar-refractivity contribution in [2.45, 2.75) is 20.8 Å². The fourth-order valence-corrected chi connectivity index (χ4v) is 3.19. The molecule has 0 aliphatic carbocycles. The molecule has 0 spiro atoms. The van der Waals surface area contributed by atoms with Crippen molar-refractivity contribution in [3.63, 3.8) is 0 Å². The zero-order valence-corrected chi connectivity index (χ0v) is 13.3. The highest BCUT2D eigenvalue weighted by atomic mass is 32.1. The Morgan fingerprint density at radius 1 is 1.23 bits per heavy atom. The van der Waals surface area contributed by atoms with Crippen LogP contribution in [0.15, 0.2) is 22.7 Å². The third-order valence-corrected chi connectivity index (χ3v) is 4.31. The second kappa shape index (κ2) is 5.28. The summed E-state index contributed by atoms with van der Waals surface area (Å²) in [6, 6.07) is 5.93. The summed E-state index contributed by atoms with van der Waals surface area (Å²) in [5, 5.41) is 10.3. The molecule has 0 aromatic carbocycles. The summed E-state index contributed by atoms with van der Waals surface area (Å²) in [6.07, 6.45) is 1.76. The topological polar surface area (TPSA) is 88.7 Å². The van der Waals surface area contributed by atoms with Crippen LogP contribution >= 0.6 is 11.3 Å². The van der Waals surface area contributed by atoms with Gasteiger partial charge in [0.2, 0.25) is 0 Å². The highest BCUT2D eigenvalue weighted by Gasteiger charge is 2.17. The molecule has 3 aromatic rings. The van der Waals surface area contributed by atoms with Gasteiger partial charge in [0.15, 0.2) is 0 Å². The Labute approximate surface area is 132 Å². The lowest BCUT2D eigenvalue weighted by Crippen LogP contribution is -1.99. The minimum Gasteiger partial charge on any atom is -0.466 e. The van der Waals surface area contributed by atoms with E-state index < -0.39 is 0 Å². The van der Waals surface area contributed by atoms with Crippen LogP contribution in [0.5, 0.6) is 0 Å². The number of aryl methyl sites for hydroxylation is 3. The number of pyridine rings is 1. The molecule has 22 heavy (non-hydrogen) atoms. The number of anilines is 1. The van der Waals surface area contributed by atoms with Crippen LogP contribution in [-0.2, 0) is 0 Å². The summed E-state index contributed by atoms with van der Waals surface area (Å²) < 4.78 is 5.56. The number of hydrogen-bond acceptors (Lipinski definition) is 6. The summed E-state index contributed by atoms with van der Waals surface area (Å²) in [6.45, 7) is 5.70. The Hall–Kier alpha value is -2.65. The number of aromatic nitrogens is 2. The number of rotatable bonds is 2. The van der Waals surface area contributed by atoms with E-state index in [9.17, 15) is 5.26 Å². The van der Waals surface area contributed by atoms with Gasteiger partial charge in [-0.3, -0.25) is 0 Å². The zero-order chi connectivity index (χ0) is 15.9. The number of thiazole rings is 1. The van der Waals surface area contributed by atoms with E-state index in [4.69, 9.17) is 10.2 Å². The molecule has 0 radical (unpaired) electrons. The number of hydrogen-bond donors (Lipinski definition) is 1. The minimum atomic E-state index is 0.222. The second-order valence-corrected chi connectivity index (χ2v) is 6.23. The first-order valence-electron chi connectivity index (χ1n) is 6.70. The molecule has 0 unspecified atom stereocenters. The summed E-state index contributed by atoms with van der Waals surface area (Å²) in [4.78, 5) is 9.52. The number of nitrogens with two attached hydrogens (primary N) is 1. The normalized spacial score (nSPS) is 10.6. The summed E-state index contributed by atoms with van der Waals surface area (Å²) in [7, 11) is 0. The molecule has 0 fully saturated rings. The quantitative estimate of drug-likeness (QED) is 0.776. The van der Waals surface area contributed by atoms with E-state index in [1.54, 1.807) is 6.20 Å². The van der Waals surface area contributed by atoms with Gasteiger partial charge in [0.1, 0.15) is 29.0 Å². The van der Waals surface area contributed by atoms with Crippen LogP contribution in [0.4, 0.5) is 5.82 Å². The predicted molar refractivity (Wildman–Crippen MR) is 86.4 cm³/mol. The smallest absolute Gasteiger partial charge is 0.142 e. The van der Waals surface area contributed by atoms with Gasteiger partial charge < -0.3 is 10.2 Å². The lowest BCUT2D eigenvalue weighted by atomic mass is 10.0. The molecule has 3 aromatic heterocycles.